The molecule has 0 saturated heterocycles. The van der Waals surface area contributed by atoms with Gasteiger partial charge in [-0.05, 0) is 18.6 Å². The molecule has 0 aliphatic heterocycles. The summed E-state index contributed by atoms with van der Waals surface area (Å²) in [4.78, 5) is 16.0. The van der Waals surface area contributed by atoms with Crippen molar-refractivity contribution in [1.82, 2.24) is 4.98 Å². The molecule has 0 amide bonds. The van der Waals surface area contributed by atoms with Crippen LogP contribution < -0.4 is 4.90 Å². The lowest BCUT2D eigenvalue weighted by molar-refractivity contribution is -0.135. The van der Waals surface area contributed by atoms with Crippen molar-refractivity contribution < 1.29 is 9.90 Å². The van der Waals surface area contributed by atoms with E-state index in [-0.39, 0.29) is 6.54 Å². The van der Waals surface area contributed by atoms with Crippen LogP contribution in [0.5, 0.6) is 0 Å². The van der Waals surface area contributed by atoms with E-state index in [0.717, 1.165) is 11.3 Å². The van der Waals surface area contributed by atoms with Crippen molar-refractivity contribution in [1.29, 1.82) is 0 Å². The largest absolute Gasteiger partial charge is 0.480 e. The average molecular weight is 180 g/mol. The van der Waals surface area contributed by atoms with E-state index in [9.17, 15) is 4.79 Å². The van der Waals surface area contributed by atoms with E-state index in [1.807, 2.05) is 6.92 Å². The number of aliphatic carboxylic acids is 1. The molecule has 0 aliphatic rings. The number of carboxylic acid groups (broad SMARTS) is 1. The molecule has 13 heavy (non-hydrogen) atoms. The quantitative estimate of drug-likeness (QED) is 0.751. The third-order valence-corrected chi connectivity index (χ3v) is 1.77. The van der Waals surface area contributed by atoms with Gasteiger partial charge in [0, 0.05) is 25.1 Å². The maximum absolute atomic E-state index is 10.4. The third-order valence-electron chi connectivity index (χ3n) is 1.77. The normalized spacial score (nSPS) is 9.69. The van der Waals surface area contributed by atoms with E-state index >= 15 is 0 Å². The van der Waals surface area contributed by atoms with E-state index in [1.165, 1.54) is 0 Å². The Morgan fingerprint density at radius 2 is 2.38 bits per heavy atom. The van der Waals surface area contributed by atoms with E-state index in [4.69, 9.17) is 5.11 Å². The molecule has 1 N–H and O–H groups in total. The van der Waals surface area contributed by atoms with Gasteiger partial charge in [-0.3, -0.25) is 9.78 Å². The number of rotatable bonds is 3. The van der Waals surface area contributed by atoms with Gasteiger partial charge in [-0.2, -0.15) is 0 Å². The van der Waals surface area contributed by atoms with Crippen LogP contribution in [0.2, 0.25) is 0 Å². The summed E-state index contributed by atoms with van der Waals surface area (Å²) < 4.78 is 0. The molecule has 0 unspecified atom stereocenters. The van der Waals surface area contributed by atoms with Crippen LogP contribution in [0.25, 0.3) is 0 Å². The summed E-state index contributed by atoms with van der Waals surface area (Å²) in [6.45, 7) is 1.91. The molecule has 0 aromatic carbocycles. The lowest BCUT2D eigenvalue weighted by atomic mass is 10.2. The Labute approximate surface area is 76.8 Å². The number of anilines is 1. The van der Waals surface area contributed by atoms with Crippen LogP contribution in [0.4, 0.5) is 5.69 Å². The highest BCUT2D eigenvalue weighted by molar-refractivity contribution is 5.73. The number of hydrogen-bond acceptors (Lipinski definition) is 3. The Morgan fingerprint density at radius 1 is 1.69 bits per heavy atom. The first-order valence-electron chi connectivity index (χ1n) is 3.95. The van der Waals surface area contributed by atoms with E-state index in [2.05, 4.69) is 4.98 Å². The lowest BCUT2D eigenvalue weighted by Gasteiger charge is -2.18. The maximum Gasteiger partial charge on any atom is 0.323 e. The van der Waals surface area contributed by atoms with Gasteiger partial charge < -0.3 is 10.0 Å². The maximum atomic E-state index is 10.4. The molecule has 1 rings (SSSR count). The molecular formula is C9H12N2O2. The van der Waals surface area contributed by atoms with Crippen molar-refractivity contribution in [3.05, 3.63) is 24.0 Å². The van der Waals surface area contributed by atoms with Gasteiger partial charge >= 0.3 is 5.97 Å². The summed E-state index contributed by atoms with van der Waals surface area (Å²) in [6, 6.07) is 1.80. The molecule has 0 atom stereocenters. The Bertz CT molecular complexity index is 312. The van der Waals surface area contributed by atoms with Gasteiger partial charge in [-0.15, -0.1) is 0 Å². The van der Waals surface area contributed by atoms with Crippen LogP contribution in [0.3, 0.4) is 0 Å². The molecule has 0 fully saturated rings. The minimum Gasteiger partial charge on any atom is -0.480 e. The molecular weight excluding hydrogens is 168 g/mol. The van der Waals surface area contributed by atoms with Crippen LogP contribution in [-0.4, -0.2) is 29.7 Å². The molecule has 0 saturated carbocycles. The second-order valence-corrected chi connectivity index (χ2v) is 2.91. The highest BCUT2D eigenvalue weighted by atomic mass is 16.4. The third kappa shape index (κ3) is 2.43. The molecule has 1 aromatic rings. The molecule has 70 valence electrons. The van der Waals surface area contributed by atoms with Gasteiger partial charge in [0.15, 0.2) is 0 Å². The second kappa shape index (κ2) is 3.89. The minimum absolute atomic E-state index is 0.00481. The Hall–Kier alpha value is -1.58. The predicted octanol–water partition coefficient (Wildman–Crippen LogP) is 0.911. The van der Waals surface area contributed by atoms with Crippen LogP contribution in [0.1, 0.15) is 5.56 Å². The Kier molecular flexibility index (Phi) is 2.84. The summed E-state index contributed by atoms with van der Waals surface area (Å²) in [5, 5.41) is 8.58. The van der Waals surface area contributed by atoms with Crippen LogP contribution in [0.15, 0.2) is 18.5 Å². The monoisotopic (exact) mass is 180 g/mol. The zero-order valence-electron chi connectivity index (χ0n) is 7.69. The number of nitrogens with zero attached hydrogens (tertiary/aromatic N) is 2. The van der Waals surface area contributed by atoms with Gasteiger partial charge in [0.25, 0.3) is 0 Å². The fourth-order valence-electron chi connectivity index (χ4n) is 1.18. The second-order valence-electron chi connectivity index (χ2n) is 2.91. The van der Waals surface area contributed by atoms with Crippen molar-refractivity contribution in [2.45, 2.75) is 6.92 Å². The smallest absolute Gasteiger partial charge is 0.323 e. The van der Waals surface area contributed by atoms with E-state index < -0.39 is 5.97 Å². The van der Waals surface area contributed by atoms with E-state index in [0.29, 0.717) is 0 Å². The summed E-state index contributed by atoms with van der Waals surface area (Å²) in [5.74, 6) is -0.835. The first-order valence-corrected chi connectivity index (χ1v) is 3.95. The molecule has 0 aliphatic carbocycles. The number of likely N-dealkylation sites (N-methyl/N-ethyl adjacent to an activating group) is 1. The summed E-state index contributed by atoms with van der Waals surface area (Å²) in [5.41, 5.74) is 1.88. The van der Waals surface area contributed by atoms with Crippen molar-refractivity contribution in [3.8, 4) is 0 Å². The molecule has 4 heteroatoms. The number of carbonyl (C=O) groups is 1. The molecule has 1 heterocycles. The highest BCUT2D eigenvalue weighted by Gasteiger charge is 2.06. The standard InChI is InChI=1S/C9H12N2O2/c1-7-5-10-4-3-8(7)11(2)6-9(12)13/h3-5H,6H2,1-2H3,(H,12,13). The molecule has 1 aromatic heterocycles. The van der Waals surface area contributed by atoms with Crippen LogP contribution in [0, 0.1) is 6.92 Å². The number of aromatic nitrogens is 1. The number of aryl methyl sites for hydroxylation is 1. The Balaban J connectivity index is 2.82. The molecule has 4 nitrogen and oxygen atoms in total. The van der Waals surface area contributed by atoms with Crippen molar-refractivity contribution in [2.24, 2.45) is 0 Å². The average Bonchev–Trinajstić information content (AvgIpc) is 2.03. The van der Waals surface area contributed by atoms with Gasteiger partial charge in [-0.25, -0.2) is 0 Å². The van der Waals surface area contributed by atoms with Crippen molar-refractivity contribution in [2.75, 3.05) is 18.5 Å². The Morgan fingerprint density at radius 3 is 2.92 bits per heavy atom. The lowest BCUT2D eigenvalue weighted by Crippen LogP contribution is -2.25. The summed E-state index contributed by atoms with van der Waals surface area (Å²) >= 11 is 0. The topological polar surface area (TPSA) is 53.4 Å². The first kappa shape index (κ1) is 9.51. The fourth-order valence-corrected chi connectivity index (χ4v) is 1.18. The van der Waals surface area contributed by atoms with Crippen molar-refractivity contribution in [3.63, 3.8) is 0 Å². The summed E-state index contributed by atoms with van der Waals surface area (Å²) in [7, 11) is 1.75. The summed E-state index contributed by atoms with van der Waals surface area (Å²) in [6.07, 6.45) is 3.37. The predicted molar refractivity (Wildman–Crippen MR) is 49.9 cm³/mol. The molecule has 0 bridgehead atoms. The number of pyridine rings is 1. The minimum atomic E-state index is -0.835. The van der Waals surface area contributed by atoms with E-state index in [1.54, 1.807) is 30.4 Å². The fraction of sp³-hybridized carbons (Fsp3) is 0.333. The van der Waals surface area contributed by atoms with Gasteiger partial charge in [0.05, 0.1) is 0 Å². The van der Waals surface area contributed by atoms with Crippen LogP contribution in [-0.2, 0) is 4.79 Å². The SMILES string of the molecule is Cc1cnccc1N(C)CC(=O)O. The number of carboxylic acids is 1. The van der Waals surface area contributed by atoms with Gasteiger partial charge in [0.2, 0.25) is 0 Å². The highest BCUT2D eigenvalue weighted by Crippen LogP contribution is 2.15. The zero-order chi connectivity index (χ0) is 9.84. The molecule has 0 spiro atoms. The number of hydrogen-bond donors (Lipinski definition) is 1. The zero-order valence-corrected chi connectivity index (χ0v) is 7.69. The first-order chi connectivity index (χ1) is 6.11. The van der Waals surface area contributed by atoms with Gasteiger partial charge in [0.1, 0.15) is 6.54 Å². The molecule has 0 radical (unpaired) electrons. The van der Waals surface area contributed by atoms with Gasteiger partial charge in [-0.1, -0.05) is 0 Å². The van der Waals surface area contributed by atoms with Crippen LogP contribution >= 0.6 is 0 Å². The van der Waals surface area contributed by atoms with Crippen molar-refractivity contribution >= 4 is 11.7 Å².